The van der Waals surface area contributed by atoms with Crippen LogP contribution in [0.4, 0.5) is 4.39 Å². The highest BCUT2D eigenvalue weighted by atomic mass is 19.1. The maximum atomic E-state index is 13.6. The number of hydrogen-bond donors (Lipinski definition) is 1. The molecule has 1 aliphatic carbocycles. The molecule has 2 unspecified atom stereocenters. The zero-order valence-corrected chi connectivity index (χ0v) is 14.0. The zero-order chi connectivity index (χ0) is 16.2. The van der Waals surface area contributed by atoms with Gasteiger partial charge in [0, 0.05) is 12.5 Å². The SMILES string of the molecule is CC(C)NCC(Cc1ccco1)C1CCCc2cc(F)ccc21. The van der Waals surface area contributed by atoms with Crippen molar-refractivity contribution in [3.8, 4) is 0 Å². The van der Waals surface area contributed by atoms with Gasteiger partial charge in [0.1, 0.15) is 11.6 Å². The Kier molecular flexibility index (Phi) is 5.16. The van der Waals surface area contributed by atoms with Gasteiger partial charge in [-0.15, -0.1) is 0 Å². The summed E-state index contributed by atoms with van der Waals surface area (Å²) < 4.78 is 19.1. The third kappa shape index (κ3) is 4.03. The maximum absolute atomic E-state index is 13.6. The number of hydrogen-bond acceptors (Lipinski definition) is 2. The highest BCUT2D eigenvalue weighted by molar-refractivity contribution is 5.34. The molecule has 0 saturated heterocycles. The van der Waals surface area contributed by atoms with E-state index in [0.717, 1.165) is 31.6 Å². The van der Waals surface area contributed by atoms with Gasteiger partial charge in [0.25, 0.3) is 0 Å². The van der Waals surface area contributed by atoms with Gasteiger partial charge in [-0.3, -0.25) is 0 Å². The van der Waals surface area contributed by atoms with E-state index in [0.29, 0.717) is 17.9 Å². The Labute approximate surface area is 138 Å². The minimum Gasteiger partial charge on any atom is -0.469 e. The lowest BCUT2D eigenvalue weighted by Crippen LogP contribution is -2.34. The second-order valence-electron chi connectivity index (χ2n) is 6.95. The Balaban J connectivity index is 1.84. The third-order valence-electron chi connectivity index (χ3n) is 4.87. The topological polar surface area (TPSA) is 25.2 Å². The summed E-state index contributed by atoms with van der Waals surface area (Å²) >= 11 is 0. The van der Waals surface area contributed by atoms with Crippen LogP contribution in [0.3, 0.4) is 0 Å². The average Bonchev–Trinajstić information content (AvgIpc) is 3.03. The first-order chi connectivity index (χ1) is 11.1. The van der Waals surface area contributed by atoms with Crippen LogP contribution in [-0.4, -0.2) is 12.6 Å². The molecule has 23 heavy (non-hydrogen) atoms. The second-order valence-corrected chi connectivity index (χ2v) is 6.95. The second kappa shape index (κ2) is 7.31. The molecule has 2 aromatic rings. The van der Waals surface area contributed by atoms with Crippen LogP contribution in [0.1, 0.15) is 49.5 Å². The number of nitrogens with one attached hydrogen (secondary N) is 1. The summed E-state index contributed by atoms with van der Waals surface area (Å²) in [7, 11) is 0. The molecule has 2 atom stereocenters. The number of furan rings is 1. The lowest BCUT2D eigenvalue weighted by Gasteiger charge is -2.33. The molecule has 1 aliphatic rings. The van der Waals surface area contributed by atoms with Gasteiger partial charge < -0.3 is 9.73 Å². The maximum Gasteiger partial charge on any atom is 0.123 e. The summed E-state index contributed by atoms with van der Waals surface area (Å²) in [6, 6.07) is 9.80. The van der Waals surface area contributed by atoms with Crippen molar-refractivity contribution >= 4 is 0 Å². The monoisotopic (exact) mass is 315 g/mol. The lowest BCUT2D eigenvalue weighted by atomic mass is 9.74. The number of benzene rings is 1. The molecule has 1 N–H and O–H groups in total. The van der Waals surface area contributed by atoms with Crippen LogP contribution in [0.25, 0.3) is 0 Å². The molecule has 1 heterocycles. The Morgan fingerprint density at radius 1 is 1.30 bits per heavy atom. The Morgan fingerprint density at radius 3 is 2.91 bits per heavy atom. The van der Waals surface area contributed by atoms with Gasteiger partial charge >= 0.3 is 0 Å². The van der Waals surface area contributed by atoms with Gasteiger partial charge in [-0.25, -0.2) is 4.39 Å². The lowest BCUT2D eigenvalue weighted by molar-refractivity contribution is 0.327. The van der Waals surface area contributed by atoms with Crippen molar-refractivity contribution in [3.05, 3.63) is 59.3 Å². The zero-order valence-electron chi connectivity index (χ0n) is 14.0. The van der Waals surface area contributed by atoms with Gasteiger partial charge in [0.15, 0.2) is 0 Å². The van der Waals surface area contributed by atoms with Crippen LogP contribution in [0.15, 0.2) is 41.0 Å². The summed E-state index contributed by atoms with van der Waals surface area (Å²) in [6.07, 6.45) is 5.97. The summed E-state index contributed by atoms with van der Waals surface area (Å²) in [5, 5.41) is 3.58. The first-order valence-electron chi connectivity index (χ1n) is 8.67. The first-order valence-corrected chi connectivity index (χ1v) is 8.67. The van der Waals surface area contributed by atoms with E-state index in [1.807, 2.05) is 12.1 Å². The number of halogens is 1. The van der Waals surface area contributed by atoms with Crippen LogP contribution in [0, 0.1) is 11.7 Å². The van der Waals surface area contributed by atoms with E-state index in [2.05, 4.69) is 25.2 Å². The van der Waals surface area contributed by atoms with E-state index in [-0.39, 0.29) is 5.82 Å². The predicted molar refractivity (Wildman–Crippen MR) is 91.1 cm³/mol. The van der Waals surface area contributed by atoms with Crippen molar-refractivity contribution in [2.24, 2.45) is 5.92 Å². The van der Waals surface area contributed by atoms with Gasteiger partial charge in [0.05, 0.1) is 6.26 Å². The molecule has 1 aromatic carbocycles. The smallest absolute Gasteiger partial charge is 0.123 e. The van der Waals surface area contributed by atoms with Crippen LogP contribution in [-0.2, 0) is 12.8 Å². The Hall–Kier alpha value is -1.61. The van der Waals surface area contributed by atoms with Crippen molar-refractivity contribution in [1.82, 2.24) is 5.32 Å². The molecule has 0 bridgehead atoms. The minimum absolute atomic E-state index is 0.118. The summed E-state index contributed by atoms with van der Waals surface area (Å²) in [5.74, 6) is 1.85. The number of aryl methyl sites for hydroxylation is 1. The van der Waals surface area contributed by atoms with E-state index in [4.69, 9.17) is 4.42 Å². The summed E-state index contributed by atoms with van der Waals surface area (Å²) in [4.78, 5) is 0. The van der Waals surface area contributed by atoms with Gasteiger partial charge in [-0.05, 0) is 73.0 Å². The van der Waals surface area contributed by atoms with Crippen LogP contribution < -0.4 is 5.32 Å². The van der Waals surface area contributed by atoms with Crippen molar-refractivity contribution in [3.63, 3.8) is 0 Å². The fraction of sp³-hybridized carbons (Fsp3) is 0.500. The van der Waals surface area contributed by atoms with Crippen LogP contribution >= 0.6 is 0 Å². The van der Waals surface area contributed by atoms with Crippen molar-refractivity contribution in [2.75, 3.05) is 6.54 Å². The van der Waals surface area contributed by atoms with Crippen LogP contribution in [0.2, 0.25) is 0 Å². The number of fused-ring (bicyclic) bond motifs is 1. The molecule has 0 spiro atoms. The van der Waals surface area contributed by atoms with Gasteiger partial charge in [-0.1, -0.05) is 19.9 Å². The third-order valence-corrected chi connectivity index (χ3v) is 4.87. The molecule has 124 valence electrons. The Bertz CT molecular complexity index is 621. The highest BCUT2D eigenvalue weighted by Crippen LogP contribution is 2.38. The normalized spacial score (nSPS) is 18.9. The molecule has 0 saturated carbocycles. The average molecular weight is 315 g/mol. The summed E-state index contributed by atoms with van der Waals surface area (Å²) in [5.41, 5.74) is 2.52. The van der Waals surface area contributed by atoms with E-state index in [9.17, 15) is 4.39 Å². The largest absolute Gasteiger partial charge is 0.469 e. The predicted octanol–water partition coefficient (Wildman–Crippen LogP) is 4.70. The fourth-order valence-corrected chi connectivity index (χ4v) is 3.74. The van der Waals surface area contributed by atoms with Crippen molar-refractivity contribution < 1.29 is 8.81 Å². The van der Waals surface area contributed by atoms with E-state index in [1.165, 1.54) is 17.5 Å². The molecule has 0 radical (unpaired) electrons. The summed E-state index contributed by atoms with van der Waals surface area (Å²) in [6.45, 7) is 5.31. The van der Waals surface area contributed by atoms with Crippen LogP contribution in [0.5, 0.6) is 0 Å². The molecular weight excluding hydrogens is 289 g/mol. The minimum atomic E-state index is -0.118. The van der Waals surface area contributed by atoms with E-state index < -0.39 is 0 Å². The quantitative estimate of drug-likeness (QED) is 0.836. The first kappa shape index (κ1) is 16.3. The molecular formula is C20H26FNO. The van der Waals surface area contributed by atoms with Gasteiger partial charge in [0.2, 0.25) is 0 Å². The molecule has 0 aliphatic heterocycles. The molecule has 0 fully saturated rings. The van der Waals surface area contributed by atoms with E-state index in [1.54, 1.807) is 18.4 Å². The Morgan fingerprint density at radius 2 is 2.17 bits per heavy atom. The molecule has 0 amide bonds. The fourth-order valence-electron chi connectivity index (χ4n) is 3.74. The highest BCUT2D eigenvalue weighted by Gasteiger charge is 2.29. The van der Waals surface area contributed by atoms with Crippen molar-refractivity contribution in [1.29, 1.82) is 0 Å². The molecule has 3 heteroatoms. The molecule has 3 rings (SSSR count). The van der Waals surface area contributed by atoms with E-state index >= 15 is 0 Å². The van der Waals surface area contributed by atoms with Gasteiger partial charge in [-0.2, -0.15) is 0 Å². The molecule has 1 aromatic heterocycles. The molecule has 2 nitrogen and oxygen atoms in total. The number of rotatable bonds is 6. The van der Waals surface area contributed by atoms with Crippen molar-refractivity contribution in [2.45, 2.75) is 51.5 Å². The standard InChI is InChI=1S/C20H26FNO/c1-14(2)22-13-16(12-18-6-4-10-23-18)19-7-3-5-15-11-17(21)8-9-20(15)19/h4,6,8-11,14,16,19,22H,3,5,7,12-13H2,1-2H3.